The summed E-state index contributed by atoms with van der Waals surface area (Å²) < 4.78 is 69.2. The summed E-state index contributed by atoms with van der Waals surface area (Å²) in [5.74, 6) is -0.424. The summed E-state index contributed by atoms with van der Waals surface area (Å²) in [6.07, 6.45) is -3.51. The summed E-state index contributed by atoms with van der Waals surface area (Å²) in [6, 6.07) is 0. The molecule has 11 heteroatoms. The van der Waals surface area contributed by atoms with Crippen molar-refractivity contribution in [3.63, 3.8) is 0 Å². The molecule has 1 aromatic rings. The Morgan fingerprint density at radius 2 is 2.00 bits per heavy atom. The predicted molar refractivity (Wildman–Crippen MR) is 73.9 cm³/mol. The Bertz CT molecular complexity index is 737. The molecule has 0 radical (unpaired) electrons. The fourth-order valence-electron chi connectivity index (χ4n) is 2.13. The van der Waals surface area contributed by atoms with Crippen molar-refractivity contribution in [2.75, 3.05) is 7.11 Å². The molecule has 0 fully saturated rings. The van der Waals surface area contributed by atoms with Crippen LogP contribution in [0.2, 0.25) is 0 Å². The average molecular weight is 355 g/mol. The first-order valence-corrected chi connectivity index (χ1v) is 8.05. The number of halogens is 3. The number of ether oxygens (including phenoxy) is 1. The normalized spacial score (nSPS) is 19.2. The maximum absolute atomic E-state index is 13.1. The highest BCUT2D eigenvalue weighted by atomic mass is 32.2. The van der Waals surface area contributed by atoms with E-state index in [0.717, 1.165) is 14.0 Å². The first-order chi connectivity index (χ1) is 10.4. The van der Waals surface area contributed by atoms with E-state index in [4.69, 9.17) is 9.57 Å². The van der Waals surface area contributed by atoms with Gasteiger partial charge >= 0.3 is 6.18 Å². The van der Waals surface area contributed by atoms with Crippen LogP contribution < -0.4 is 10.2 Å². The number of hydrogen-bond donors (Lipinski definition) is 2. The van der Waals surface area contributed by atoms with Gasteiger partial charge in [-0.1, -0.05) is 0 Å². The Kier molecular flexibility index (Phi) is 4.14. The summed E-state index contributed by atoms with van der Waals surface area (Å²) in [6.45, 7) is 4.34. The minimum atomic E-state index is -4.80. The quantitative estimate of drug-likeness (QED) is 0.859. The summed E-state index contributed by atoms with van der Waals surface area (Å²) in [7, 11) is -3.05. The lowest BCUT2D eigenvalue weighted by Gasteiger charge is -2.16. The third-order valence-electron chi connectivity index (χ3n) is 3.32. The number of hydroxylamine groups is 1. The van der Waals surface area contributed by atoms with Crippen LogP contribution in [0, 0.1) is 0 Å². The largest absolute Gasteiger partial charge is 0.480 e. The number of rotatable bonds is 4. The van der Waals surface area contributed by atoms with Gasteiger partial charge < -0.3 is 4.74 Å². The number of methoxy groups -OCH3 is 1. The average Bonchev–Trinajstić information content (AvgIpc) is 3.00. The molecule has 1 aromatic heterocycles. The van der Waals surface area contributed by atoms with Gasteiger partial charge in [0.2, 0.25) is 15.7 Å². The first-order valence-electron chi connectivity index (χ1n) is 6.50. The molecule has 2 rings (SSSR count). The lowest BCUT2D eigenvalue weighted by atomic mass is 10.1. The van der Waals surface area contributed by atoms with Crippen LogP contribution in [0.4, 0.5) is 13.2 Å². The van der Waals surface area contributed by atoms with E-state index >= 15 is 0 Å². The minimum Gasteiger partial charge on any atom is -0.480 e. The molecule has 2 heterocycles. The van der Waals surface area contributed by atoms with Crippen molar-refractivity contribution in [1.82, 2.24) is 15.7 Å². The van der Waals surface area contributed by atoms with Gasteiger partial charge in [0.25, 0.3) is 0 Å². The van der Waals surface area contributed by atoms with Gasteiger partial charge in [0.15, 0.2) is 5.03 Å². The van der Waals surface area contributed by atoms with E-state index in [-0.39, 0.29) is 5.03 Å². The van der Waals surface area contributed by atoms with Crippen molar-refractivity contribution < 1.29 is 31.2 Å². The molecule has 1 atom stereocenters. The van der Waals surface area contributed by atoms with Gasteiger partial charge in [-0.05, 0) is 26.8 Å². The highest BCUT2D eigenvalue weighted by Gasteiger charge is 2.44. The molecule has 0 aromatic carbocycles. The molecule has 0 amide bonds. The number of H-pyrrole nitrogens is 1. The lowest BCUT2D eigenvalue weighted by molar-refractivity contribution is -0.141. The predicted octanol–water partition coefficient (Wildman–Crippen LogP) is 2.07. The van der Waals surface area contributed by atoms with Crippen LogP contribution >= 0.6 is 0 Å². The minimum absolute atomic E-state index is 0.300. The summed E-state index contributed by atoms with van der Waals surface area (Å²) >= 11 is 0. The SMILES string of the molecule is COc1n[nH]c(C(F)(F)F)c1C(C)S(=O)(=O)C1=CC(C)(C)ON1. The third-order valence-corrected chi connectivity index (χ3v) is 5.30. The van der Waals surface area contributed by atoms with Crippen molar-refractivity contribution in [1.29, 1.82) is 0 Å². The Hall–Kier alpha value is -1.75. The Morgan fingerprint density at radius 3 is 2.43 bits per heavy atom. The smallest absolute Gasteiger partial charge is 0.433 e. The topological polar surface area (TPSA) is 93.3 Å². The lowest BCUT2D eigenvalue weighted by Crippen LogP contribution is -2.24. The fourth-order valence-corrected chi connectivity index (χ4v) is 3.64. The van der Waals surface area contributed by atoms with Gasteiger partial charge in [-0.2, -0.15) is 13.2 Å². The summed E-state index contributed by atoms with van der Waals surface area (Å²) in [4.78, 5) is 5.06. The standard InChI is InChI=1S/C12H16F3N3O4S/c1-6(23(19,20)7-5-11(2,3)22-18-7)8-9(12(13,14)15)16-17-10(8)21-4/h5-6,18H,1-4H3,(H,16,17). The molecule has 0 saturated carbocycles. The Balaban J connectivity index is 2.53. The molecule has 2 N–H and O–H groups in total. The van der Waals surface area contributed by atoms with E-state index in [0.29, 0.717) is 0 Å². The molecule has 0 aliphatic carbocycles. The summed E-state index contributed by atoms with van der Waals surface area (Å²) in [5.41, 5.74) is -0.484. The van der Waals surface area contributed by atoms with Gasteiger partial charge in [-0.3, -0.25) is 15.4 Å². The second-order valence-corrected chi connectivity index (χ2v) is 7.76. The first kappa shape index (κ1) is 17.6. The van der Waals surface area contributed by atoms with E-state index in [1.165, 1.54) is 6.08 Å². The molecular formula is C12H16F3N3O4S. The van der Waals surface area contributed by atoms with Crippen molar-refractivity contribution in [3.05, 3.63) is 22.4 Å². The molecule has 0 saturated heterocycles. The molecule has 0 spiro atoms. The van der Waals surface area contributed by atoms with Crippen LogP contribution in [0.1, 0.15) is 37.3 Å². The number of nitrogens with one attached hydrogen (secondary N) is 2. The molecule has 130 valence electrons. The monoisotopic (exact) mass is 355 g/mol. The second-order valence-electron chi connectivity index (χ2n) is 5.52. The number of alkyl halides is 3. The van der Waals surface area contributed by atoms with E-state index in [9.17, 15) is 21.6 Å². The number of aromatic amines is 1. The van der Waals surface area contributed by atoms with Crippen LogP contribution in [0.5, 0.6) is 5.88 Å². The highest BCUT2D eigenvalue weighted by Crippen LogP contribution is 2.42. The number of nitrogens with zero attached hydrogens (tertiary/aromatic N) is 1. The number of hydrogen-bond acceptors (Lipinski definition) is 6. The van der Waals surface area contributed by atoms with Gasteiger partial charge in [0.05, 0.1) is 17.9 Å². The van der Waals surface area contributed by atoms with E-state index in [2.05, 4.69) is 10.6 Å². The van der Waals surface area contributed by atoms with Crippen molar-refractivity contribution >= 4 is 9.84 Å². The zero-order chi connectivity index (χ0) is 17.6. The highest BCUT2D eigenvalue weighted by molar-refractivity contribution is 7.95. The van der Waals surface area contributed by atoms with Crippen molar-refractivity contribution in [2.45, 2.75) is 37.8 Å². The van der Waals surface area contributed by atoms with E-state index in [1.54, 1.807) is 18.9 Å². The molecule has 1 aliphatic rings. The van der Waals surface area contributed by atoms with Gasteiger partial charge in [-0.15, -0.1) is 5.10 Å². The van der Waals surface area contributed by atoms with Gasteiger partial charge in [0.1, 0.15) is 11.3 Å². The summed E-state index contributed by atoms with van der Waals surface area (Å²) in [5, 5.41) is 3.33. The Morgan fingerprint density at radius 1 is 1.39 bits per heavy atom. The zero-order valence-electron chi connectivity index (χ0n) is 12.8. The van der Waals surface area contributed by atoms with E-state index < -0.39 is 44.0 Å². The molecule has 0 bridgehead atoms. The van der Waals surface area contributed by atoms with Crippen LogP contribution in [0.25, 0.3) is 0 Å². The van der Waals surface area contributed by atoms with Crippen LogP contribution in [0.3, 0.4) is 0 Å². The van der Waals surface area contributed by atoms with Crippen LogP contribution in [0.15, 0.2) is 11.1 Å². The molecule has 1 aliphatic heterocycles. The molecule has 1 unspecified atom stereocenters. The second kappa shape index (κ2) is 5.41. The zero-order valence-corrected chi connectivity index (χ0v) is 13.6. The third kappa shape index (κ3) is 3.15. The van der Waals surface area contributed by atoms with Crippen LogP contribution in [-0.4, -0.2) is 31.3 Å². The maximum atomic E-state index is 13.1. The maximum Gasteiger partial charge on any atom is 0.433 e. The number of aromatic nitrogens is 2. The molecule has 23 heavy (non-hydrogen) atoms. The van der Waals surface area contributed by atoms with Gasteiger partial charge in [0, 0.05) is 0 Å². The fraction of sp³-hybridized carbons (Fsp3) is 0.583. The molecular weight excluding hydrogens is 339 g/mol. The van der Waals surface area contributed by atoms with Crippen molar-refractivity contribution in [3.8, 4) is 5.88 Å². The van der Waals surface area contributed by atoms with Gasteiger partial charge in [-0.25, -0.2) is 8.42 Å². The van der Waals surface area contributed by atoms with Crippen LogP contribution in [-0.2, 0) is 20.9 Å². The number of sulfone groups is 1. The van der Waals surface area contributed by atoms with Crippen molar-refractivity contribution in [2.24, 2.45) is 0 Å². The molecule has 7 nitrogen and oxygen atoms in total. The van der Waals surface area contributed by atoms with E-state index in [1.807, 2.05) is 0 Å². The Labute approximate surface area is 130 Å².